The van der Waals surface area contributed by atoms with Crippen LogP contribution < -0.4 is 0 Å². The van der Waals surface area contributed by atoms with Crippen LogP contribution >= 0.6 is 34.5 Å². The molecule has 0 aromatic carbocycles. The van der Waals surface area contributed by atoms with E-state index in [1.54, 1.807) is 23.0 Å². The highest BCUT2D eigenvalue weighted by molar-refractivity contribution is 7.20. The van der Waals surface area contributed by atoms with E-state index in [0.29, 0.717) is 20.1 Å². The largest absolute Gasteiger partial charge is 0.338 e. The van der Waals surface area contributed by atoms with Gasteiger partial charge >= 0.3 is 0 Å². The van der Waals surface area contributed by atoms with Gasteiger partial charge in [0.1, 0.15) is 10.2 Å². The molecule has 3 nitrogen and oxygen atoms in total. The summed E-state index contributed by atoms with van der Waals surface area (Å²) in [6, 6.07) is 1.60. The molecule has 0 aliphatic carbocycles. The number of halogens is 2. The third kappa shape index (κ3) is 2.29. The molecule has 0 spiro atoms. The van der Waals surface area contributed by atoms with Crippen molar-refractivity contribution in [2.24, 2.45) is 7.05 Å². The second-order valence-corrected chi connectivity index (χ2v) is 5.58. The Hall–Kier alpha value is -0.840. The van der Waals surface area contributed by atoms with E-state index in [2.05, 4.69) is 4.98 Å². The Bertz CT molecular complexity index is 533. The fourth-order valence-electron chi connectivity index (χ4n) is 1.34. The third-order valence-corrected chi connectivity index (χ3v) is 3.68. The molecule has 2 aromatic heterocycles. The lowest BCUT2D eigenvalue weighted by atomic mass is 10.1. The Labute approximate surface area is 107 Å². The number of carbonyl (C=O) groups excluding carboxylic acids is 1. The van der Waals surface area contributed by atoms with Gasteiger partial charge in [-0.2, -0.15) is 0 Å². The van der Waals surface area contributed by atoms with Crippen molar-refractivity contribution in [2.75, 3.05) is 0 Å². The molecule has 0 atom stereocenters. The van der Waals surface area contributed by atoms with Crippen molar-refractivity contribution in [1.82, 2.24) is 9.55 Å². The Kier molecular flexibility index (Phi) is 3.33. The van der Waals surface area contributed by atoms with E-state index in [1.807, 2.05) is 7.05 Å². The minimum absolute atomic E-state index is 0.0672. The van der Waals surface area contributed by atoms with Gasteiger partial charge in [0.15, 0.2) is 5.78 Å². The second-order valence-electron chi connectivity index (χ2n) is 3.29. The number of carbonyl (C=O) groups is 1. The number of imidazole rings is 1. The number of hydrogen-bond acceptors (Lipinski definition) is 3. The van der Waals surface area contributed by atoms with Gasteiger partial charge in [0, 0.05) is 25.0 Å². The minimum Gasteiger partial charge on any atom is -0.338 e. The van der Waals surface area contributed by atoms with Crippen LogP contribution in [0, 0.1) is 0 Å². The molecule has 0 amide bonds. The summed E-state index contributed by atoms with van der Waals surface area (Å²) in [5.41, 5.74) is 0.472. The van der Waals surface area contributed by atoms with Gasteiger partial charge in [-0.05, 0) is 6.07 Å². The molecule has 2 heterocycles. The zero-order chi connectivity index (χ0) is 11.7. The van der Waals surface area contributed by atoms with Crippen LogP contribution in [0.1, 0.15) is 16.2 Å². The lowest BCUT2D eigenvalue weighted by Gasteiger charge is -2.00. The first-order valence-electron chi connectivity index (χ1n) is 4.52. The maximum atomic E-state index is 11.9. The first-order chi connectivity index (χ1) is 7.58. The van der Waals surface area contributed by atoms with Gasteiger partial charge in [-0.15, -0.1) is 11.3 Å². The van der Waals surface area contributed by atoms with Crippen molar-refractivity contribution in [3.8, 4) is 0 Å². The van der Waals surface area contributed by atoms with Crippen LogP contribution in [-0.4, -0.2) is 15.3 Å². The van der Waals surface area contributed by atoms with Crippen molar-refractivity contribution in [1.29, 1.82) is 0 Å². The molecule has 0 bridgehead atoms. The molecule has 2 rings (SSSR count). The SMILES string of the molecule is Cn1ccnc1CC(=O)c1cc(Cl)sc1Cl. The average molecular weight is 275 g/mol. The van der Waals surface area contributed by atoms with Gasteiger partial charge in [-0.25, -0.2) is 4.98 Å². The lowest BCUT2D eigenvalue weighted by molar-refractivity contribution is 0.0990. The van der Waals surface area contributed by atoms with E-state index in [4.69, 9.17) is 23.2 Å². The van der Waals surface area contributed by atoms with E-state index < -0.39 is 0 Å². The number of hydrogen-bond donors (Lipinski definition) is 0. The topological polar surface area (TPSA) is 34.9 Å². The number of rotatable bonds is 3. The fourth-order valence-corrected chi connectivity index (χ4v) is 2.84. The van der Waals surface area contributed by atoms with Gasteiger partial charge in [-0.1, -0.05) is 23.2 Å². The zero-order valence-corrected chi connectivity index (χ0v) is 10.7. The number of nitrogens with zero attached hydrogens (tertiary/aromatic N) is 2. The first kappa shape index (κ1) is 11.6. The van der Waals surface area contributed by atoms with Crippen molar-refractivity contribution < 1.29 is 4.79 Å². The first-order valence-corrected chi connectivity index (χ1v) is 6.09. The minimum atomic E-state index is -0.0672. The van der Waals surface area contributed by atoms with Gasteiger partial charge in [0.05, 0.1) is 10.8 Å². The van der Waals surface area contributed by atoms with Crippen molar-refractivity contribution >= 4 is 40.3 Å². The quantitative estimate of drug-likeness (QED) is 0.806. The second kappa shape index (κ2) is 4.57. The van der Waals surface area contributed by atoms with Crippen LogP contribution in [0.4, 0.5) is 0 Å². The monoisotopic (exact) mass is 274 g/mol. The summed E-state index contributed by atoms with van der Waals surface area (Å²) in [7, 11) is 1.85. The average Bonchev–Trinajstić information content (AvgIpc) is 2.74. The lowest BCUT2D eigenvalue weighted by Crippen LogP contribution is -2.07. The Balaban J connectivity index is 2.21. The molecular weight excluding hydrogens is 267 g/mol. The van der Waals surface area contributed by atoms with Crippen LogP contribution in [0.2, 0.25) is 8.67 Å². The third-order valence-electron chi connectivity index (χ3n) is 2.20. The molecule has 16 heavy (non-hydrogen) atoms. The molecule has 0 aliphatic heterocycles. The van der Waals surface area contributed by atoms with Crippen LogP contribution in [0.15, 0.2) is 18.5 Å². The number of aromatic nitrogens is 2. The summed E-state index contributed by atoms with van der Waals surface area (Å²) in [4.78, 5) is 16.0. The standard InChI is InChI=1S/C10H8Cl2N2OS/c1-14-3-2-13-9(14)5-7(15)6-4-8(11)16-10(6)12/h2-4H,5H2,1H3. The normalized spacial score (nSPS) is 10.7. The zero-order valence-electron chi connectivity index (χ0n) is 8.41. The molecular formula is C10H8Cl2N2OS. The molecule has 0 saturated carbocycles. The summed E-state index contributed by atoms with van der Waals surface area (Å²) in [5, 5.41) is 0. The number of Topliss-reactive ketones (excluding diaryl/α,β-unsaturated/α-hetero) is 1. The molecule has 0 saturated heterocycles. The highest BCUT2D eigenvalue weighted by atomic mass is 35.5. The van der Waals surface area contributed by atoms with Crippen LogP contribution in [0.25, 0.3) is 0 Å². The van der Waals surface area contributed by atoms with Crippen LogP contribution in [-0.2, 0) is 13.5 Å². The van der Waals surface area contributed by atoms with E-state index in [1.165, 1.54) is 11.3 Å². The van der Waals surface area contributed by atoms with E-state index in [-0.39, 0.29) is 12.2 Å². The Morgan fingerprint density at radius 2 is 2.31 bits per heavy atom. The Morgan fingerprint density at radius 1 is 1.56 bits per heavy atom. The molecule has 0 radical (unpaired) electrons. The molecule has 6 heteroatoms. The molecule has 0 fully saturated rings. The Morgan fingerprint density at radius 3 is 2.81 bits per heavy atom. The van der Waals surface area contributed by atoms with E-state index in [9.17, 15) is 4.79 Å². The van der Waals surface area contributed by atoms with Gasteiger partial charge in [-0.3, -0.25) is 4.79 Å². The van der Waals surface area contributed by atoms with E-state index in [0.717, 1.165) is 0 Å². The van der Waals surface area contributed by atoms with E-state index >= 15 is 0 Å². The fraction of sp³-hybridized carbons (Fsp3) is 0.200. The highest BCUT2D eigenvalue weighted by Crippen LogP contribution is 2.31. The maximum absolute atomic E-state index is 11.9. The summed E-state index contributed by atoms with van der Waals surface area (Å²) in [6.07, 6.45) is 3.69. The van der Waals surface area contributed by atoms with Crippen molar-refractivity contribution in [3.05, 3.63) is 38.5 Å². The molecule has 0 aliphatic rings. The molecule has 0 unspecified atom stereocenters. The van der Waals surface area contributed by atoms with Crippen molar-refractivity contribution in [3.63, 3.8) is 0 Å². The summed E-state index contributed by atoms with van der Waals surface area (Å²) >= 11 is 12.9. The van der Waals surface area contributed by atoms with Crippen LogP contribution in [0.3, 0.4) is 0 Å². The maximum Gasteiger partial charge on any atom is 0.172 e. The van der Waals surface area contributed by atoms with Gasteiger partial charge < -0.3 is 4.57 Å². The molecule has 84 valence electrons. The smallest absolute Gasteiger partial charge is 0.172 e. The number of ketones is 1. The summed E-state index contributed by atoms with van der Waals surface area (Å²) < 4.78 is 2.76. The molecule has 0 N–H and O–H groups in total. The van der Waals surface area contributed by atoms with Gasteiger partial charge in [0.2, 0.25) is 0 Å². The predicted octanol–water partition coefficient (Wildman–Crippen LogP) is 3.21. The predicted molar refractivity (Wildman–Crippen MR) is 65.6 cm³/mol. The van der Waals surface area contributed by atoms with Gasteiger partial charge in [0.25, 0.3) is 0 Å². The summed E-state index contributed by atoms with van der Waals surface area (Å²) in [5.74, 6) is 0.644. The molecule has 2 aromatic rings. The number of aryl methyl sites for hydroxylation is 1. The summed E-state index contributed by atoms with van der Waals surface area (Å²) in [6.45, 7) is 0. The number of thiophene rings is 1. The van der Waals surface area contributed by atoms with Crippen molar-refractivity contribution in [2.45, 2.75) is 6.42 Å². The van der Waals surface area contributed by atoms with Crippen LogP contribution in [0.5, 0.6) is 0 Å². The highest BCUT2D eigenvalue weighted by Gasteiger charge is 2.16.